The van der Waals surface area contributed by atoms with Crippen molar-refractivity contribution >= 4 is 29.0 Å². The Balaban J connectivity index is 2.70. The summed E-state index contributed by atoms with van der Waals surface area (Å²) < 4.78 is 1.42. The number of aryl methyl sites for hydroxylation is 1. The Hall–Kier alpha value is -1.70. The smallest absolute Gasteiger partial charge is 0.145 e. The number of hydrogen-bond donors (Lipinski definition) is 1. The largest absolute Gasteiger partial charge is 0.382 e. The first-order valence-corrected chi connectivity index (χ1v) is 5.51. The molecule has 2 aromatic rings. The number of nitrogens with two attached hydrogens (primary N) is 1. The van der Waals surface area contributed by atoms with Crippen molar-refractivity contribution in [3.8, 4) is 11.8 Å². The summed E-state index contributed by atoms with van der Waals surface area (Å²) in [6.45, 7) is 1.71. The molecular formula is C11H8Cl2N4. The maximum absolute atomic E-state index is 8.94. The van der Waals surface area contributed by atoms with Gasteiger partial charge >= 0.3 is 0 Å². The van der Waals surface area contributed by atoms with E-state index in [0.717, 1.165) is 0 Å². The van der Waals surface area contributed by atoms with Gasteiger partial charge in [-0.05, 0) is 19.1 Å². The Bertz CT molecular complexity index is 625. The highest BCUT2D eigenvalue weighted by molar-refractivity contribution is 6.43. The molecule has 1 heterocycles. The number of rotatable bonds is 1. The van der Waals surface area contributed by atoms with Gasteiger partial charge in [0.2, 0.25) is 0 Å². The molecule has 1 aromatic carbocycles. The fourth-order valence-electron chi connectivity index (χ4n) is 1.52. The van der Waals surface area contributed by atoms with Crippen LogP contribution < -0.4 is 5.73 Å². The van der Waals surface area contributed by atoms with Crippen LogP contribution in [0.25, 0.3) is 5.69 Å². The van der Waals surface area contributed by atoms with E-state index in [1.165, 1.54) is 4.68 Å². The van der Waals surface area contributed by atoms with Crippen LogP contribution in [0.3, 0.4) is 0 Å². The topological polar surface area (TPSA) is 67.6 Å². The van der Waals surface area contributed by atoms with Crippen LogP contribution in [0.5, 0.6) is 0 Å². The van der Waals surface area contributed by atoms with Gasteiger partial charge in [0.05, 0.1) is 21.4 Å². The quantitative estimate of drug-likeness (QED) is 0.863. The van der Waals surface area contributed by atoms with Crippen molar-refractivity contribution < 1.29 is 0 Å². The zero-order chi connectivity index (χ0) is 12.6. The molecule has 0 unspecified atom stereocenters. The van der Waals surface area contributed by atoms with Gasteiger partial charge in [0, 0.05) is 0 Å². The average molecular weight is 267 g/mol. The van der Waals surface area contributed by atoms with Crippen LogP contribution in [-0.2, 0) is 0 Å². The van der Waals surface area contributed by atoms with Crippen LogP contribution in [0.4, 0.5) is 5.82 Å². The first kappa shape index (κ1) is 11.8. The Kier molecular flexibility index (Phi) is 2.97. The molecule has 0 saturated heterocycles. The molecule has 4 nitrogen and oxygen atoms in total. The molecule has 0 amide bonds. The van der Waals surface area contributed by atoms with Crippen molar-refractivity contribution in [1.82, 2.24) is 9.78 Å². The van der Waals surface area contributed by atoms with Crippen molar-refractivity contribution in [2.45, 2.75) is 6.92 Å². The monoisotopic (exact) mass is 266 g/mol. The van der Waals surface area contributed by atoms with Gasteiger partial charge in [0.1, 0.15) is 17.5 Å². The summed E-state index contributed by atoms with van der Waals surface area (Å²) in [6.07, 6.45) is 0. The second kappa shape index (κ2) is 4.28. The number of nitrogen functional groups attached to an aromatic ring is 1. The maximum atomic E-state index is 8.94. The van der Waals surface area contributed by atoms with E-state index in [0.29, 0.717) is 27.0 Å². The summed E-state index contributed by atoms with van der Waals surface area (Å²) >= 11 is 12.0. The van der Waals surface area contributed by atoms with Crippen LogP contribution in [0.15, 0.2) is 18.2 Å². The Morgan fingerprint density at radius 2 is 2.12 bits per heavy atom. The Labute approximate surface area is 108 Å². The van der Waals surface area contributed by atoms with E-state index in [-0.39, 0.29) is 5.82 Å². The summed E-state index contributed by atoms with van der Waals surface area (Å²) in [6, 6.07) is 7.15. The second-order valence-corrected chi connectivity index (χ2v) is 4.23. The first-order chi connectivity index (χ1) is 8.06. The molecule has 0 spiro atoms. The number of benzene rings is 1. The van der Waals surface area contributed by atoms with Crippen molar-refractivity contribution in [3.63, 3.8) is 0 Å². The molecule has 2 rings (SSSR count). The zero-order valence-corrected chi connectivity index (χ0v) is 10.4. The third kappa shape index (κ3) is 1.84. The lowest BCUT2D eigenvalue weighted by Gasteiger charge is -2.07. The van der Waals surface area contributed by atoms with Gasteiger partial charge in [-0.3, -0.25) is 0 Å². The van der Waals surface area contributed by atoms with E-state index >= 15 is 0 Å². The van der Waals surface area contributed by atoms with Gasteiger partial charge < -0.3 is 5.73 Å². The molecule has 0 aliphatic carbocycles. The molecule has 2 N–H and O–H groups in total. The minimum absolute atomic E-state index is 0.258. The molecule has 0 aliphatic heterocycles. The number of nitrogens with zero attached hydrogens (tertiary/aromatic N) is 3. The summed E-state index contributed by atoms with van der Waals surface area (Å²) in [5.41, 5.74) is 7.30. The van der Waals surface area contributed by atoms with Crippen LogP contribution in [0.1, 0.15) is 11.3 Å². The lowest BCUT2D eigenvalue weighted by Crippen LogP contribution is -2.03. The van der Waals surface area contributed by atoms with Crippen molar-refractivity contribution in [2.75, 3.05) is 5.73 Å². The van der Waals surface area contributed by atoms with Gasteiger partial charge in [-0.1, -0.05) is 29.3 Å². The van der Waals surface area contributed by atoms with E-state index in [1.807, 2.05) is 6.07 Å². The van der Waals surface area contributed by atoms with Gasteiger partial charge in [0.25, 0.3) is 0 Å². The van der Waals surface area contributed by atoms with Crippen LogP contribution in [0.2, 0.25) is 10.0 Å². The van der Waals surface area contributed by atoms with Crippen molar-refractivity contribution in [1.29, 1.82) is 5.26 Å². The van der Waals surface area contributed by atoms with E-state index < -0.39 is 0 Å². The summed E-state index contributed by atoms with van der Waals surface area (Å²) in [7, 11) is 0. The second-order valence-electron chi connectivity index (χ2n) is 3.44. The van der Waals surface area contributed by atoms with Crippen LogP contribution >= 0.6 is 23.2 Å². The number of anilines is 1. The molecule has 0 aliphatic rings. The normalized spacial score (nSPS) is 10.2. The third-order valence-electron chi connectivity index (χ3n) is 2.37. The maximum Gasteiger partial charge on any atom is 0.145 e. The third-order valence-corrected chi connectivity index (χ3v) is 3.18. The minimum Gasteiger partial charge on any atom is -0.382 e. The molecular weight excluding hydrogens is 259 g/mol. The molecule has 1 aromatic heterocycles. The fourth-order valence-corrected chi connectivity index (χ4v) is 1.90. The van der Waals surface area contributed by atoms with Gasteiger partial charge in [-0.15, -0.1) is 0 Å². The number of halogens is 2. The predicted molar refractivity (Wildman–Crippen MR) is 67.4 cm³/mol. The molecule has 86 valence electrons. The fraction of sp³-hybridized carbons (Fsp3) is 0.0909. The summed E-state index contributed by atoms with van der Waals surface area (Å²) in [5.74, 6) is 0.258. The predicted octanol–water partition coefficient (Wildman–Crippen LogP) is 2.94. The SMILES string of the molecule is Cc1nn(-c2cccc(Cl)c2Cl)c(N)c1C#N. The Morgan fingerprint density at radius 3 is 2.71 bits per heavy atom. The van der Waals surface area contributed by atoms with Gasteiger partial charge in [-0.25, -0.2) is 4.68 Å². The highest BCUT2D eigenvalue weighted by Crippen LogP contribution is 2.30. The first-order valence-electron chi connectivity index (χ1n) is 4.76. The molecule has 0 saturated carbocycles. The molecule has 0 atom stereocenters. The number of aromatic nitrogens is 2. The molecule has 6 heteroatoms. The van der Waals surface area contributed by atoms with Crippen molar-refractivity contribution in [2.24, 2.45) is 0 Å². The highest BCUT2D eigenvalue weighted by Gasteiger charge is 2.16. The van der Waals surface area contributed by atoms with E-state index in [2.05, 4.69) is 5.10 Å². The van der Waals surface area contributed by atoms with E-state index in [9.17, 15) is 0 Å². The molecule has 0 bridgehead atoms. The Morgan fingerprint density at radius 1 is 1.41 bits per heavy atom. The average Bonchev–Trinajstić information content (AvgIpc) is 2.58. The number of nitriles is 1. The van der Waals surface area contributed by atoms with Crippen LogP contribution in [0, 0.1) is 18.3 Å². The summed E-state index contributed by atoms with van der Waals surface area (Å²) in [4.78, 5) is 0. The van der Waals surface area contributed by atoms with E-state index in [4.69, 9.17) is 34.2 Å². The lowest BCUT2D eigenvalue weighted by molar-refractivity contribution is 0.872. The highest BCUT2D eigenvalue weighted by atomic mass is 35.5. The standard InChI is InChI=1S/C11H8Cl2N4/c1-6-7(5-14)11(15)17(16-6)9-4-2-3-8(12)10(9)13/h2-4H,15H2,1H3. The summed E-state index contributed by atoms with van der Waals surface area (Å²) in [5, 5.41) is 13.9. The number of hydrogen-bond acceptors (Lipinski definition) is 3. The van der Waals surface area contributed by atoms with Gasteiger partial charge in [0.15, 0.2) is 0 Å². The van der Waals surface area contributed by atoms with Crippen LogP contribution in [-0.4, -0.2) is 9.78 Å². The van der Waals surface area contributed by atoms with Gasteiger partial charge in [-0.2, -0.15) is 10.4 Å². The lowest BCUT2D eigenvalue weighted by atomic mass is 10.2. The zero-order valence-electron chi connectivity index (χ0n) is 8.91. The molecule has 0 fully saturated rings. The van der Waals surface area contributed by atoms with E-state index in [1.54, 1.807) is 25.1 Å². The van der Waals surface area contributed by atoms with Crippen molar-refractivity contribution in [3.05, 3.63) is 39.5 Å². The molecule has 17 heavy (non-hydrogen) atoms. The minimum atomic E-state index is 0.258. The molecule has 0 radical (unpaired) electrons.